The van der Waals surface area contributed by atoms with Crippen molar-refractivity contribution in [3.05, 3.63) is 12.2 Å². The molecular formula is C13H22N4O2. The lowest BCUT2D eigenvalue weighted by atomic mass is 9.90. The zero-order valence-corrected chi connectivity index (χ0v) is 11.8. The van der Waals surface area contributed by atoms with E-state index in [1.54, 1.807) is 6.33 Å². The second kappa shape index (κ2) is 5.28. The summed E-state index contributed by atoms with van der Waals surface area (Å²) in [4.78, 5) is 17.7. The van der Waals surface area contributed by atoms with E-state index in [1.807, 2.05) is 11.6 Å². The predicted octanol–water partition coefficient (Wildman–Crippen LogP) is 1.23. The number of rotatable bonds is 5. The monoisotopic (exact) mass is 266 g/mol. The van der Waals surface area contributed by atoms with E-state index in [4.69, 9.17) is 0 Å². The van der Waals surface area contributed by atoms with E-state index in [0.717, 1.165) is 18.9 Å². The van der Waals surface area contributed by atoms with Crippen molar-refractivity contribution >= 4 is 5.97 Å². The van der Waals surface area contributed by atoms with Gasteiger partial charge in [0.1, 0.15) is 12.2 Å². The molecule has 6 nitrogen and oxygen atoms in total. The van der Waals surface area contributed by atoms with Crippen LogP contribution in [0.4, 0.5) is 0 Å². The number of carboxylic acid groups (broad SMARTS) is 1. The maximum absolute atomic E-state index is 11.2. The van der Waals surface area contributed by atoms with Gasteiger partial charge in [-0.2, -0.15) is 5.10 Å². The molecule has 0 bridgehead atoms. The molecule has 0 amide bonds. The number of carbonyl (C=O) groups is 1. The summed E-state index contributed by atoms with van der Waals surface area (Å²) in [6, 6.07) is 0. The highest BCUT2D eigenvalue weighted by Crippen LogP contribution is 2.30. The summed E-state index contributed by atoms with van der Waals surface area (Å²) in [6.45, 7) is 9.00. The van der Waals surface area contributed by atoms with Crippen LogP contribution in [0.15, 0.2) is 6.33 Å². The Bertz CT molecular complexity index is 457. The van der Waals surface area contributed by atoms with Crippen LogP contribution in [0.5, 0.6) is 0 Å². The minimum absolute atomic E-state index is 0.517. The van der Waals surface area contributed by atoms with E-state index in [0.29, 0.717) is 25.4 Å². The van der Waals surface area contributed by atoms with Crippen molar-refractivity contribution in [3.8, 4) is 0 Å². The number of aromatic nitrogens is 3. The number of carboxylic acids is 1. The van der Waals surface area contributed by atoms with Crippen molar-refractivity contribution in [2.75, 3.05) is 13.1 Å². The van der Waals surface area contributed by atoms with Gasteiger partial charge in [-0.3, -0.25) is 9.69 Å². The first-order valence-electron chi connectivity index (χ1n) is 6.73. The molecule has 0 spiro atoms. The van der Waals surface area contributed by atoms with Crippen LogP contribution in [0.25, 0.3) is 0 Å². The van der Waals surface area contributed by atoms with Crippen LogP contribution in [0.2, 0.25) is 0 Å². The molecule has 0 saturated carbocycles. The minimum Gasteiger partial charge on any atom is -0.481 e. The van der Waals surface area contributed by atoms with Crippen molar-refractivity contribution in [2.24, 2.45) is 11.3 Å². The molecule has 1 aromatic heterocycles. The number of hydrogen-bond acceptors (Lipinski definition) is 4. The lowest BCUT2D eigenvalue weighted by Crippen LogP contribution is -2.32. The second-order valence-corrected chi connectivity index (χ2v) is 6.08. The van der Waals surface area contributed by atoms with E-state index in [1.165, 1.54) is 0 Å². The van der Waals surface area contributed by atoms with Crippen LogP contribution in [-0.4, -0.2) is 43.8 Å². The molecule has 1 aliphatic rings. The van der Waals surface area contributed by atoms with Gasteiger partial charge in [-0.05, 0) is 25.8 Å². The van der Waals surface area contributed by atoms with Crippen LogP contribution in [0.3, 0.4) is 0 Å². The van der Waals surface area contributed by atoms with Crippen molar-refractivity contribution in [2.45, 2.75) is 40.3 Å². The predicted molar refractivity (Wildman–Crippen MR) is 70.5 cm³/mol. The van der Waals surface area contributed by atoms with E-state index >= 15 is 0 Å². The maximum Gasteiger partial charge on any atom is 0.310 e. The molecule has 2 heterocycles. The van der Waals surface area contributed by atoms with Crippen LogP contribution in [0, 0.1) is 11.3 Å². The molecule has 19 heavy (non-hydrogen) atoms. The third-order valence-electron chi connectivity index (χ3n) is 3.67. The number of aliphatic carboxylic acids is 1. The molecule has 1 fully saturated rings. The third-order valence-corrected chi connectivity index (χ3v) is 3.67. The molecule has 1 N–H and O–H groups in total. The summed E-state index contributed by atoms with van der Waals surface area (Å²) in [5.41, 5.74) is -0.622. The van der Waals surface area contributed by atoms with Crippen LogP contribution in [0.1, 0.15) is 33.0 Å². The first kappa shape index (κ1) is 14.0. The van der Waals surface area contributed by atoms with Gasteiger partial charge in [-0.25, -0.2) is 9.67 Å². The van der Waals surface area contributed by atoms with Crippen LogP contribution in [-0.2, 0) is 17.9 Å². The summed E-state index contributed by atoms with van der Waals surface area (Å²) < 4.78 is 1.92. The standard InChI is InChI=1S/C13H22N4O2/c1-10(2)6-17-11(14-9-15-17)7-16-5-4-13(3,8-16)12(18)19/h9-10H,4-8H2,1-3H3,(H,18,19). The number of likely N-dealkylation sites (tertiary alicyclic amines) is 1. The largest absolute Gasteiger partial charge is 0.481 e. The van der Waals surface area contributed by atoms with E-state index in [2.05, 4.69) is 28.8 Å². The SMILES string of the molecule is CC(C)Cn1ncnc1CN1CCC(C)(C(=O)O)C1. The van der Waals surface area contributed by atoms with Gasteiger partial charge < -0.3 is 5.11 Å². The first-order valence-corrected chi connectivity index (χ1v) is 6.73. The molecule has 1 atom stereocenters. The Labute approximate surface area is 113 Å². The Kier molecular flexibility index (Phi) is 3.89. The van der Waals surface area contributed by atoms with Gasteiger partial charge in [0.15, 0.2) is 0 Å². The molecule has 1 saturated heterocycles. The van der Waals surface area contributed by atoms with E-state index in [9.17, 15) is 9.90 Å². The molecule has 6 heteroatoms. The molecule has 106 valence electrons. The lowest BCUT2D eigenvalue weighted by molar-refractivity contribution is -0.147. The Morgan fingerprint density at radius 1 is 1.58 bits per heavy atom. The minimum atomic E-state index is -0.710. The summed E-state index contributed by atoms with van der Waals surface area (Å²) >= 11 is 0. The van der Waals surface area contributed by atoms with E-state index < -0.39 is 11.4 Å². The van der Waals surface area contributed by atoms with Crippen molar-refractivity contribution in [3.63, 3.8) is 0 Å². The normalized spacial score (nSPS) is 24.2. The van der Waals surface area contributed by atoms with E-state index in [-0.39, 0.29) is 0 Å². The van der Waals surface area contributed by atoms with Gasteiger partial charge in [-0.15, -0.1) is 0 Å². The Balaban J connectivity index is 2.00. The summed E-state index contributed by atoms with van der Waals surface area (Å²) in [7, 11) is 0. The molecule has 1 aliphatic heterocycles. The van der Waals surface area contributed by atoms with Crippen molar-refractivity contribution in [1.29, 1.82) is 0 Å². The van der Waals surface area contributed by atoms with Gasteiger partial charge in [0.25, 0.3) is 0 Å². The number of nitrogens with zero attached hydrogens (tertiary/aromatic N) is 4. The topological polar surface area (TPSA) is 71.2 Å². The van der Waals surface area contributed by atoms with Crippen LogP contribution < -0.4 is 0 Å². The van der Waals surface area contributed by atoms with Crippen molar-refractivity contribution < 1.29 is 9.90 Å². The quantitative estimate of drug-likeness (QED) is 0.868. The fraction of sp³-hybridized carbons (Fsp3) is 0.769. The van der Waals surface area contributed by atoms with Gasteiger partial charge >= 0.3 is 5.97 Å². The Hall–Kier alpha value is -1.43. The molecule has 1 aromatic rings. The number of hydrogen-bond donors (Lipinski definition) is 1. The fourth-order valence-corrected chi connectivity index (χ4v) is 2.47. The van der Waals surface area contributed by atoms with Gasteiger partial charge in [-0.1, -0.05) is 13.8 Å². The highest BCUT2D eigenvalue weighted by molar-refractivity contribution is 5.74. The molecule has 2 rings (SSSR count). The first-order chi connectivity index (χ1) is 8.90. The highest BCUT2D eigenvalue weighted by atomic mass is 16.4. The molecule has 0 aliphatic carbocycles. The fourth-order valence-electron chi connectivity index (χ4n) is 2.47. The zero-order valence-electron chi connectivity index (χ0n) is 11.8. The van der Waals surface area contributed by atoms with Crippen molar-refractivity contribution in [1.82, 2.24) is 19.7 Å². The maximum atomic E-state index is 11.2. The van der Waals surface area contributed by atoms with Gasteiger partial charge in [0.2, 0.25) is 0 Å². The zero-order chi connectivity index (χ0) is 14.0. The Morgan fingerprint density at radius 3 is 2.89 bits per heavy atom. The highest BCUT2D eigenvalue weighted by Gasteiger charge is 2.40. The second-order valence-electron chi connectivity index (χ2n) is 6.08. The average molecular weight is 266 g/mol. The Morgan fingerprint density at radius 2 is 2.32 bits per heavy atom. The van der Waals surface area contributed by atoms with Crippen LogP contribution >= 0.6 is 0 Å². The summed E-state index contributed by atoms with van der Waals surface area (Å²) in [6.07, 6.45) is 2.27. The lowest BCUT2D eigenvalue weighted by Gasteiger charge is -2.20. The average Bonchev–Trinajstić information content (AvgIpc) is 2.88. The molecule has 1 unspecified atom stereocenters. The third kappa shape index (κ3) is 3.12. The molecule has 0 aromatic carbocycles. The molecular weight excluding hydrogens is 244 g/mol. The van der Waals surface area contributed by atoms with Gasteiger partial charge in [0, 0.05) is 13.1 Å². The molecule has 0 radical (unpaired) electrons. The van der Waals surface area contributed by atoms with Gasteiger partial charge in [0.05, 0.1) is 12.0 Å². The smallest absolute Gasteiger partial charge is 0.310 e. The summed E-state index contributed by atoms with van der Waals surface area (Å²) in [5.74, 6) is 0.727. The summed E-state index contributed by atoms with van der Waals surface area (Å²) in [5, 5.41) is 13.5.